The number of nitrogens with zero attached hydrogens (tertiary/aromatic N) is 3. The highest BCUT2D eigenvalue weighted by molar-refractivity contribution is 7.10. The molecule has 2 rings (SSSR count). The molecule has 2 aromatic rings. The predicted molar refractivity (Wildman–Crippen MR) is 93.7 cm³/mol. The summed E-state index contributed by atoms with van der Waals surface area (Å²) in [5.74, 6) is 1.32. The van der Waals surface area contributed by atoms with Gasteiger partial charge in [-0.1, -0.05) is 13.0 Å². The van der Waals surface area contributed by atoms with Crippen LogP contribution in [0.2, 0.25) is 0 Å². The summed E-state index contributed by atoms with van der Waals surface area (Å²) in [6.07, 6.45) is 3.92. The highest BCUT2D eigenvalue weighted by atomic mass is 32.1. The second kappa shape index (κ2) is 8.58. The number of rotatable bonds is 7. The topological polar surface area (TPSA) is 54.2 Å². The Hall–Kier alpha value is -1.82. The zero-order valence-corrected chi connectivity index (χ0v) is 14.4. The first-order valence-corrected chi connectivity index (χ1v) is 8.61. The van der Waals surface area contributed by atoms with E-state index in [0.29, 0.717) is 5.92 Å². The third kappa shape index (κ3) is 5.18. The quantitative estimate of drug-likeness (QED) is 0.609. The number of nitrogens with one attached hydrogen (secondary N) is 2. The van der Waals surface area contributed by atoms with E-state index < -0.39 is 0 Å². The van der Waals surface area contributed by atoms with E-state index in [1.807, 2.05) is 17.1 Å². The van der Waals surface area contributed by atoms with Crippen LogP contribution in [0, 0.1) is 6.92 Å². The monoisotopic (exact) mass is 319 g/mol. The lowest BCUT2D eigenvalue weighted by Crippen LogP contribution is -2.39. The van der Waals surface area contributed by atoms with Crippen LogP contribution >= 0.6 is 11.3 Å². The zero-order valence-electron chi connectivity index (χ0n) is 13.5. The van der Waals surface area contributed by atoms with Gasteiger partial charge in [0.25, 0.3) is 0 Å². The lowest BCUT2D eigenvalue weighted by molar-refractivity contribution is 0.597. The van der Waals surface area contributed by atoms with Gasteiger partial charge in [0.15, 0.2) is 5.96 Å². The molecule has 0 spiro atoms. The van der Waals surface area contributed by atoms with Gasteiger partial charge >= 0.3 is 0 Å². The van der Waals surface area contributed by atoms with Crippen LogP contribution in [-0.4, -0.2) is 35.4 Å². The SMILES string of the molecule is CCNC(=NCC(C)c1cccs1)NCCn1cc(C)cn1. The van der Waals surface area contributed by atoms with Crippen molar-refractivity contribution in [3.8, 4) is 0 Å². The molecule has 22 heavy (non-hydrogen) atoms. The minimum atomic E-state index is 0.448. The summed E-state index contributed by atoms with van der Waals surface area (Å²) in [5.41, 5.74) is 1.19. The maximum Gasteiger partial charge on any atom is 0.191 e. The Morgan fingerprint density at radius 2 is 2.32 bits per heavy atom. The first-order chi connectivity index (χ1) is 10.7. The molecular weight excluding hydrogens is 294 g/mol. The maximum atomic E-state index is 4.68. The molecule has 0 saturated carbocycles. The van der Waals surface area contributed by atoms with Crippen molar-refractivity contribution in [1.82, 2.24) is 20.4 Å². The fraction of sp³-hybridized carbons (Fsp3) is 0.500. The molecule has 2 aromatic heterocycles. The lowest BCUT2D eigenvalue weighted by atomic mass is 10.1. The average Bonchev–Trinajstić information content (AvgIpc) is 3.16. The Bertz CT molecular complexity index is 573. The third-order valence-corrected chi connectivity index (χ3v) is 4.40. The molecular formula is C16H25N5S. The lowest BCUT2D eigenvalue weighted by Gasteiger charge is -2.13. The van der Waals surface area contributed by atoms with Crippen molar-refractivity contribution in [2.24, 2.45) is 4.99 Å². The second-order valence-corrected chi connectivity index (χ2v) is 6.32. The van der Waals surface area contributed by atoms with Crippen LogP contribution < -0.4 is 10.6 Å². The van der Waals surface area contributed by atoms with Crippen molar-refractivity contribution in [3.05, 3.63) is 40.3 Å². The summed E-state index contributed by atoms with van der Waals surface area (Å²) in [6, 6.07) is 4.26. The van der Waals surface area contributed by atoms with Crippen LogP contribution in [0.15, 0.2) is 34.9 Å². The number of guanidine groups is 1. The number of thiophene rings is 1. The van der Waals surface area contributed by atoms with E-state index in [2.05, 4.69) is 59.0 Å². The van der Waals surface area contributed by atoms with E-state index in [-0.39, 0.29) is 0 Å². The summed E-state index contributed by atoms with van der Waals surface area (Å²) >= 11 is 1.79. The molecule has 2 heterocycles. The molecule has 0 radical (unpaired) electrons. The highest BCUT2D eigenvalue weighted by Gasteiger charge is 2.06. The average molecular weight is 319 g/mol. The maximum absolute atomic E-state index is 4.68. The van der Waals surface area contributed by atoms with Gasteiger partial charge in [-0.05, 0) is 30.9 Å². The molecule has 6 heteroatoms. The van der Waals surface area contributed by atoms with Crippen LogP contribution in [-0.2, 0) is 6.54 Å². The van der Waals surface area contributed by atoms with Crippen molar-refractivity contribution in [3.63, 3.8) is 0 Å². The number of aryl methyl sites for hydroxylation is 1. The molecule has 1 atom stereocenters. The number of aromatic nitrogens is 2. The van der Waals surface area contributed by atoms with E-state index in [0.717, 1.165) is 32.1 Å². The van der Waals surface area contributed by atoms with Crippen molar-refractivity contribution in [2.75, 3.05) is 19.6 Å². The normalized spacial score (nSPS) is 13.1. The molecule has 0 saturated heterocycles. The van der Waals surface area contributed by atoms with Crippen LogP contribution in [0.4, 0.5) is 0 Å². The van der Waals surface area contributed by atoms with Gasteiger partial charge in [-0.3, -0.25) is 9.67 Å². The fourth-order valence-corrected chi connectivity index (χ4v) is 2.89. The first kappa shape index (κ1) is 16.5. The molecule has 1 unspecified atom stereocenters. The molecule has 0 aliphatic heterocycles. The van der Waals surface area contributed by atoms with Crippen molar-refractivity contribution in [2.45, 2.75) is 33.2 Å². The molecule has 2 N–H and O–H groups in total. The van der Waals surface area contributed by atoms with Crippen LogP contribution in [0.1, 0.15) is 30.2 Å². The second-order valence-electron chi connectivity index (χ2n) is 5.34. The Balaban J connectivity index is 1.81. The van der Waals surface area contributed by atoms with E-state index in [1.54, 1.807) is 11.3 Å². The van der Waals surface area contributed by atoms with Gasteiger partial charge in [0.2, 0.25) is 0 Å². The summed E-state index contributed by atoms with van der Waals surface area (Å²) < 4.78 is 1.94. The molecule has 0 fully saturated rings. The summed E-state index contributed by atoms with van der Waals surface area (Å²) in [4.78, 5) is 6.06. The molecule has 0 aliphatic carbocycles. The van der Waals surface area contributed by atoms with Gasteiger partial charge < -0.3 is 10.6 Å². The Morgan fingerprint density at radius 1 is 1.45 bits per heavy atom. The summed E-state index contributed by atoms with van der Waals surface area (Å²) in [7, 11) is 0. The predicted octanol–water partition coefficient (Wildman–Crippen LogP) is 2.61. The van der Waals surface area contributed by atoms with Gasteiger partial charge in [0, 0.05) is 30.1 Å². The summed E-state index contributed by atoms with van der Waals surface area (Å²) in [5, 5.41) is 13.0. The van der Waals surface area contributed by atoms with E-state index in [1.165, 1.54) is 10.4 Å². The summed E-state index contributed by atoms with van der Waals surface area (Å²) in [6.45, 7) is 9.63. The van der Waals surface area contributed by atoms with Crippen LogP contribution in [0.25, 0.3) is 0 Å². The number of hydrogen-bond acceptors (Lipinski definition) is 3. The molecule has 0 amide bonds. The molecule has 0 bridgehead atoms. The standard InChI is InChI=1S/C16H25N5S/c1-4-17-16(18-7-8-21-12-13(2)10-20-21)19-11-14(3)15-6-5-9-22-15/h5-6,9-10,12,14H,4,7-8,11H2,1-3H3,(H2,17,18,19). The fourth-order valence-electron chi connectivity index (χ4n) is 2.11. The Kier molecular flexibility index (Phi) is 6.45. The first-order valence-electron chi connectivity index (χ1n) is 7.73. The Morgan fingerprint density at radius 3 is 2.95 bits per heavy atom. The number of hydrogen-bond donors (Lipinski definition) is 2. The number of aliphatic imine (C=N–C) groups is 1. The van der Waals surface area contributed by atoms with Gasteiger partial charge in [0.05, 0.1) is 19.3 Å². The van der Waals surface area contributed by atoms with E-state index >= 15 is 0 Å². The largest absolute Gasteiger partial charge is 0.357 e. The van der Waals surface area contributed by atoms with Crippen molar-refractivity contribution < 1.29 is 0 Å². The molecule has 0 aromatic carbocycles. The van der Waals surface area contributed by atoms with E-state index in [4.69, 9.17) is 0 Å². The van der Waals surface area contributed by atoms with Crippen molar-refractivity contribution >= 4 is 17.3 Å². The minimum absolute atomic E-state index is 0.448. The van der Waals surface area contributed by atoms with Crippen LogP contribution in [0.5, 0.6) is 0 Å². The van der Waals surface area contributed by atoms with Gasteiger partial charge in [0.1, 0.15) is 0 Å². The van der Waals surface area contributed by atoms with Crippen LogP contribution in [0.3, 0.4) is 0 Å². The minimum Gasteiger partial charge on any atom is -0.357 e. The smallest absolute Gasteiger partial charge is 0.191 e. The van der Waals surface area contributed by atoms with Gasteiger partial charge in [-0.2, -0.15) is 5.10 Å². The molecule has 5 nitrogen and oxygen atoms in total. The molecule has 0 aliphatic rings. The zero-order chi connectivity index (χ0) is 15.8. The molecule has 120 valence electrons. The highest BCUT2D eigenvalue weighted by Crippen LogP contribution is 2.20. The third-order valence-electron chi connectivity index (χ3n) is 3.29. The van der Waals surface area contributed by atoms with E-state index in [9.17, 15) is 0 Å². The van der Waals surface area contributed by atoms with Crippen molar-refractivity contribution in [1.29, 1.82) is 0 Å². The Labute approximate surface area is 136 Å². The van der Waals surface area contributed by atoms with Gasteiger partial charge in [-0.25, -0.2) is 0 Å². The van der Waals surface area contributed by atoms with Gasteiger partial charge in [-0.15, -0.1) is 11.3 Å².